The van der Waals surface area contributed by atoms with E-state index in [9.17, 15) is 0 Å². The van der Waals surface area contributed by atoms with Gasteiger partial charge in [0.25, 0.3) is 0 Å². The molecule has 0 spiro atoms. The fourth-order valence-corrected chi connectivity index (χ4v) is 1.61. The van der Waals surface area contributed by atoms with Gasteiger partial charge in [-0.2, -0.15) is 0 Å². The van der Waals surface area contributed by atoms with Crippen LogP contribution in [-0.2, 0) is 0 Å². The van der Waals surface area contributed by atoms with Gasteiger partial charge in [-0.1, -0.05) is 41.4 Å². The summed E-state index contributed by atoms with van der Waals surface area (Å²) < 4.78 is 0. The molecule has 0 aliphatic carbocycles. The summed E-state index contributed by atoms with van der Waals surface area (Å²) in [5, 5.41) is 1.34. The minimum atomic E-state index is 0.662. The van der Waals surface area contributed by atoms with Gasteiger partial charge in [0.1, 0.15) is 0 Å². The van der Waals surface area contributed by atoms with Crippen molar-refractivity contribution < 1.29 is 0 Å². The summed E-state index contributed by atoms with van der Waals surface area (Å²) in [6.45, 7) is 0. The molecule has 0 fully saturated rings. The minimum absolute atomic E-state index is 0.662. The van der Waals surface area contributed by atoms with Crippen LogP contribution in [0.25, 0.3) is 11.3 Å². The lowest BCUT2D eigenvalue weighted by molar-refractivity contribution is 1.33. The summed E-state index contributed by atoms with van der Waals surface area (Å²) >= 11 is 11.9. The van der Waals surface area contributed by atoms with Gasteiger partial charge in [0.2, 0.25) is 0 Å². The van der Waals surface area contributed by atoms with Gasteiger partial charge in [0.15, 0.2) is 0 Å². The highest BCUT2D eigenvalue weighted by atomic mass is 35.5. The minimum Gasteiger partial charge on any atom is -0.256 e. The maximum absolute atomic E-state index is 6.03. The molecule has 0 aliphatic heterocycles. The van der Waals surface area contributed by atoms with Crippen LogP contribution in [0.15, 0.2) is 42.6 Å². The molecular formula is C11H7Cl2N. The molecule has 0 saturated carbocycles. The SMILES string of the molecule is Clc1ccnc(-c2ccccc2Cl)c1. The Bertz CT molecular complexity index is 455. The molecule has 0 saturated heterocycles. The Morgan fingerprint density at radius 3 is 2.50 bits per heavy atom. The van der Waals surface area contributed by atoms with Crippen LogP contribution in [0.4, 0.5) is 0 Å². The number of hydrogen-bond donors (Lipinski definition) is 0. The zero-order chi connectivity index (χ0) is 9.97. The number of nitrogens with zero attached hydrogens (tertiary/aromatic N) is 1. The molecule has 3 heteroatoms. The first-order valence-corrected chi connectivity index (χ1v) is 4.89. The molecule has 0 radical (unpaired) electrons. The lowest BCUT2D eigenvalue weighted by Gasteiger charge is -2.02. The number of hydrogen-bond acceptors (Lipinski definition) is 1. The Morgan fingerprint density at radius 2 is 1.79 bits per heavy atom. The van der Waals surface area contributed by atoms with Crippen molar-refractivity contribution in [2.24, 2.45) is 0 Å². The fourth-order valence-electron chi connectivity index (χ4n) is 1.22. The largest absolute Gasteiger partial charge is 0.256 e. The van der Waals surface area contributed by atoms with Gasteiger partial charge in [0, 0.05) is 21.8 Å². The van der Waals surface area contributed by atoms with Crippen molar-refractivity contribution in [3.63, 3.8) is 0 Å². The van der Waals surface area contributed by atoms with Gasteiger partial charge in [-0.15, -0.1) is 0 Å². The molecular weight excluding hydrogens is 217 g/mol. The molecule has 1 nitrogen and oxygen atoms in total. The fraction of sp³-hybridized carbons (Fsp3) is 0. The van der Waals surface area contributed by atoms with E-state index in [2.05, 4.69) is 4.98 Å². The Hall–Kier alpha value is -1.05. The van der Waals surface area contributed by atoms with Gasteiger partial charge in [-0.25, -0.2) is 0 Å². The predicted molar refractivity (Wildman–Crippen MR) is 59.7 cm³/mol. The third kappa shape index (κ3) is 1.89. The summed E-state index contributed by atoms with van der Waals surface area (Å²) in [6.07, 6.45) is 1.67. The quantitative estimate of drug-likeness (QED) is 0.711. The predicted octanol–water partition coefficient (Wildman–Crippen LogP) is 4.06. The van der Waals surface area contributed by atoms with E-state index in [0.29, 0.717) is 10.0 Å². The molecule has 2 aromatic rings. The molecule has 0 amide bonds. The van der Waals surface area contributed by atoms with Crippen LogP contribution in [0.2, 0.25) is 10.0 Å². The van der Waals surface area contributed by atoms with Crippen LogP contribution >= 0.6 is 23.2 Å². The molecule has 2 rings (SSSR count). The van der Waals surface area contributed by atoms with E-state index in [4.69, 9.17) is 23.2 Å². The normalized spacial score (nSPS) is 10.1. The van der Waals surface area contributed by atoms with E-state index >= 15 is 0 Å². The average molecular weight is 224 g/mol. The highest BCUT2D eigenvalue weighted by molar-refractivity contribution is 6.33. The Labute approximate surface area is 92.3 Å². The number of benzene rings is 1. The lowest BCUT2D eigenvalue weighted by atomic mass is 10.1. The molecule has 1 aromatic heterocycles. The Morgan fingerprint density at radius 1 is 1.00 bits per heavy atom. The van der Waals surface area contributed by atoms with Gasteiger partial charge in [0.05, 0.1) is 5.69 Å². The van der Waals surface area contributed by atoms with Crippen LogP contribution in [0.5, 0.6) is 0 Å². The molecule has 1 aromatic carbocycles. The Kier molecular flexibility index (Phi) is 2.71. The monoisotopic (exact) mass is 223 g/mol. The second-order valence-electron chi connectivity index (χ2n) is 2.84. The van der Waals surface area contributed by atoms with Gasteiger partial charge < -0.3 is 0 Å². The van der Waals surface area contributed by atoms with Crippen molar-refractivity contribution in [1.82, 2.24) is 4.98 Å². The number of rotatable bonds is 1. The molecule has 0 aliphatic rings. The van der Waals surface area contributed by atoms with Crippen molar-refractivity contribution in [1.29, 1.82) is 0 Å². The first-order chi connectivity index (χ1) is 6.77. The van der Waals surface area contributed by atoms with Crippen LogP contribution in [-0.4, -0.2) is 4.98 Å². The van der Waals surface area contributed by atoms with Crippen LogP contribution < -0.4 is 0 Å². The van der Waals surface area contributed by atoms with E-state index in [1.54, 1.807) is 18.3 Å². The topological polar surface area (TPSA) is 12.9 Å². The smallest absolute Gasteiger partial charge is 0.0731 e. The third-order valence-corrected chi connectivity index (χ3v) is 2.44. The molecule has 70 valence electrons. The van der Waals surface area contributed by atoms with Gasteiger partial charge in [-0.3, -0.25) is 4.98 Å². The van der Waals surface area contributed by atoms with Crippen molar-refractivity contribution in [3.8, 4) is 11.3 Å². The highest BCUT2D eigenvalue weighted by Crippen LogP contribution is 2.26. The molecule has 14 heavy (non-hydrogen) atoms. The van der Waals surface area contributed by atoms with E-state index < -0.39 is 0 Å². The van der Waals surface area contributed by atoms with Gasteiger partial charge in [-0.05, 0) is 18.2 Å². The first kappa shape index (κ1) is 9.50. The van der Waals surface area contributed by atoms with Crippen molar-refractivity contribution in [3.05, 3.63) is 52.6 Å². The van der Waals surface area contributed by atoms with Crippen LogP contribution in [0, 0.1) is 0 Å². The van der Waals surface area contributed by atoms with Crippen molar-refractivity contribution in [2.75, 3.05) is 0 Å². The molecule has 0 atom stereocenters. The second-order valence-corrected chi connectivity index (χ2v) is 3.68. The Balaban J connectivity index is 2.55. The summed E-state index contributed by atoms with van der Waals surface area (Å²) in [4.78, 5) is 4.20. The third-order valence-electron chi connectivity index (χ3n) is 1.87. The summed E-state index contributed by atoms with van der Waals surface area (Å²) in [5.41, 5.74) is 1.69. The number of aromatic nitrogens is 1. The first-order valence-electron chi connectivity index (χ1n) is 4.14. The average Bonchev–Trinajstić information content (AvgIpc) is 2.18. The molecule has 0 bridgehead atoms. The van der Waals surface area contributed by atoms with Crippen molar-refractivity contribution in [2.45, 2.75) is 0 Å². The maximum atomic E-state index is 6.03. The molecule has 0 N–H and O–H groups in total. The molecule has 1 heterocycles. The summed E-state index contributed by atoms with van der Waals surface area (Å²) in [5.74, 6) is 0. The zero-order valence-corrected chi connectivity index (χ0v) is 8.76. The number of pyridine rings is 1. The standard InChI is InChI=1S/C11H7Cl2N/c12-8-5-6-14-11(7-8)9-3-1-2-4-10(9)13/h1-7H. The van der Waals surface area contributed by atoms with Crippen LogP contribution in [0.1, 0.15) is 0 Å². The van der Waals surface area contributed by atoms with E-state index in [1.807, 2.05) is 24.3 Å². The van der Waals surface area contributed by atoms with Crippen LogP contribution in [0.3, 0.4) is 0 Å². The summed E-state index contributed by atoms with van der Waals surface area (Å²) in [7, 11) is 0. The second kappa shape index (κ2) is 3.99. The van der Waals surface area contributed by atoms with Gasteiger partial charge >= 0.3 is 0 Å². The van der Waals surface area contributed by atoms with E-state index in [-0.39, 0.29) is 0 Å². The highest BCUT2D eigenvalue weighted by Gasteiger charge is 2.03. The van der Waals surface area contributed by atoms with Crippen molar-refractivity contribution >= 4 is 23.2 Å². The maximum Gasteiger partial charge on any atom is 0.0731 e. The molecule has 0 unspecified atom stereocenters. The summed E-state index contributed by atoms with van der Waals surface area (Å²) in [6, 6.07) is 11.1. The lowest BCUT2D eigenvalue weighted by Crippen LogP contribution is -1.83. The van der Waals surface area contributed by atoms with E-state index in [0.717, 1.165) is 11.3 Å². The number of halogens is 2. The van der Waals surface area contributed by atoms with E-state index in [1.165, 1.54) is 0 Å². The zero-order valence-electron chi connectivity index (χ0n) is 7.24.